The molecule has 0 aliphatic carbocycles. The van der Waals surface area contributed by atoms with Gasteiger partial charge in [-0.15, -0.1) is 0 Å². The first kappa shape index (κ1) is 17.6. The molecule has 5 heteroatoms. The van der Waals surface area contributed by atoms with Gasteiger partial charge in [-0.05, 0) is 11.6 Å². The summed E-state index contributed by atoms with van der Waals surface area (Å²) in [5, 5.41) is 2.89. The number of aromatic nitrogens is 2. The zero-order valence-corrected chi connectivity index (χ0v) is 14.7. The molecule has 0 saturated heterocycles. The van der Waals surface area contributed by atoms with E-state index >= 15 is 0 Å². The topological polar surface area (TPSA) is 64.1 Å². The van der Waals surface area contributed by atoms with E-state index in [0.717, 1.165) is 29.1 Å². The van der Waals surface area contributed by atoms with Crippen molar-refractivity contribution in [1.29, 1.82) is 0 Å². The molecule has 1 N–H and O–H groups in total. The molecule has 0 unspecified atom stereocenters. The predicted octanol–water partition coefficient (Wildman–Crippen LogP) is 3.55. The Morgan fingerprint density at radius 1 is 1.00 bits per heavy atom. The van der Waals surface area contributed by atoms with Crippen molar-refractivity contribution in [3.8, 4) is 5.75 Å². The minimum absolute atomic E-state index is 0.203. The highest BCUT2D eigenvalue weighted by atomic mass is 16.5. The molecule has 0 fully saturated rings. The molecule has 0 aliphatic rings. The number of benzene rings is 2. The third-order valence-corrected chi connectivity index (χ3v) is 3.93. The van der Waals surface area contributed by atoms with Gasteiger partial charge in [0.2, 0.25) is 0 Å². The Morgan fingerprint density at radius 2 is 1.69 bits per heavy atom. The van der Waals surface area contributed by atoms with Crippen molar-refractivity contribution in [3.63, 3.8) is 0 Å². The summed E-state index contributed by atoms with van der Waals surface area (Å²) in [4.78, 5) is 20.6. The van der Waals surface area contributed by atoms with Crippen LogP contribution in [0.5, 0.6) is 5.75 Å². The maximum Gasteiger partial charge on any atom is 0.254 e. The molecule has 0 bridgehead atoms. The quantitative estimate of drug-likeness (QED) is 0.710. The lowest BCUT2D eigenvalue weighted by Crippen LogP contribution is -2.23. The van der Waals surface area contributed by atoms with Gasteiger partial charge in [0.1, 0.15) is 18.2 Å². The SMILES string of the molecule is CCc1ncc(C(=O)NCc2ccccc2OCc2ccccc2)cn1. The Labute approximate surface area is 153 Å². The highest BCUT2D eigenvalue weighted by Crippen LogP contribution is 2.19. The molecule has 3 rings (SSSR count). The molecule has 1 heterocycles. The molecular weight excluding hydrogens is 326 g/mol. The van der Waals surface area contributed by atoms with Crippen LogP contribution in [-0.4, -0.2) is 15.9 Å². The van der Waals surface area contributed by atoms with Crippen LogP contribution in [0.1, 0.15) is 34.2 Å². The molecule has 0 aliphatic heterocycles. The van der Waals surface area contributed by atoms with Gasteiger partial charge < -0.3 is 10.1 Å². The number of ether oxygens (including phenoxy) is 1. The zero-order chi connectivity index (χ0) is 18.2. The van der Waals surface area contributed by atoms with Crippen molar-refractivity contribution >= 4 is 5.91 Å². The molecule has 5 nitrogen and oxygen atoms in total. The largest absolute Gasteiger partial charge is 0.489 e. The standard InChI is InChI=1S/C21H21N3O2/c1-2-20-22-13-18(14-23-20)21(25)24-12-17-10-6-7-11-19(17)26-15-16-8-4-3-5-9-16/h3-11,13-14H,2,12,15H2,1H3,(H,24,25). The van der Waals surface area contributed by atoms with E-state index in [4.69, 9.17) is 4.74 Å². The molecule has 1 amide bonds. The summed E-state index contributed by atoms with van der Waals surface area (Å²) in [6.45, 7) is 2.83. The Morgan fingerprint density at radius 3 is 2.42 bits per heavy atom. The second-order valence-corrected chi connectivity index (χ2v) is 5.81. The molecule has 2 aromatic carbocycles. The number of para-hydroxylation sites is 1. The Balaban J connectivity index is 1.61. The van der Waals surface area contributed by atoms with Gasteiger partial charge in [0, 0.05) is 30.9 Å². The predicted molar refractivity (Wildman–Crippen MR) is 99.8 cm³/mol. The molecular formula is C21H21N3O2. The third kappa shape index (κ3) is 4.66. The van der Waals surface area contributed by atoms with Crippen molar-refractivity contribution in [1.82, 2.24) is 15.3 Å². The lowest BCUT2D eigenvalue weighted by atomic mass is 10.2. The molecule has 1 aromatic heterocycles. The molecule has 132 valence electrons. The first-order valence-electron chi connectivity index (χ1n) is 8.60. The van der Waals surface area contributed by atoms with E-state index in [9.17, 15) is 4.79 Å². The fourth-order valence-corrected chi connectivity index (χ4v) is 2.46. The number of nitrogens with zero attached hydrogens (tertiary/aromatic N) is 2. The van der Waals surface area contributed by atoms with Crippen LogP contribution < -0.4 is 10.1 Å². The summed E-state index contributed by atoms with van der Waals surface area (Å²) in [6, 6.07) is 17.7. The molecule has 0 atom stereocenters. The van der Waals surface area contributed by atoms with Gasteiger partial charge in [-0.1, -0.05) is 55.5 Å². The van der Waals surface area contributed by atoms with Crippen molar-refractivity contribution in [3.05, 3.63) is 89.5 Å². The number of hydrogen-bond donors (Lipinski definition) is 1. The number of carbonyl (C=O) groups is 1. The third-order valence-electron chi connectivity index (χ3n) is 3.93. The second-order valence-electron chi connectivity index (χ2n) is 5.81. The number of nitrogens with one attached hydrogen (secondary N) is 1. The van der Waals surface area contributed by atoms with Crippen molar-refractivity contribution in [2.45, 2.75) is 26.5 Å². The maximum atomic E-state index is 12.3. The van der Waals surface area contributed by atoms with E-state index in [-0.39, 0.29) is 5.91 Å². The van der Waals surface area contributed by atoms with Crippen LogP contribution in [0, 0.1) is 0 Å². The van der Waals surface area contributed by atoms with E-state index in [1.165, 1.54) is 0 Å². The summed E-state index contributed by atoms with van der Waals surface area (Å²) in [5.41, 5.74) is 2.47. The minimum atomic E-state index is -0.203. The van der Waals surface area contributed by atoms with E-state index in [2.05, 4.69) is 15.3 Å². The number of rotatable bonds is 7. The molecule has 3 aromatic rings. The molecule has 0 spiro atoms. The maximum absolute atomic E-state index is 12.3. The average molecular weight is 347 g/mol. The van der Waals surface area contributed by atoms with Gasteiger partial charge in [-0.2, -0.15) is 0 Å². The van der Waals surface area contributed by atoms with Gasteiger partial charge in [0.25, 0.3) is 5.91 Å². The molecule has 0 saturated carbocycles. The van der Waals surface area contributed by atoms with Gasteiger partial charge in [-0.25, -0.2) is 9.97 Å². The number of aryl methyl sites for hydroxylation is 1. The highest BCUT2D eigenvalue weighted by molar-refractivity contribution is 5.93. The first-order valence-corrected chi connectivity index (χ1v) is 8.60. The van der Waals surface area contributed by atoms with Crippen molar-refractivity contribution in [2.24, 2.45) is 0 Å². The van der Waals surface area contributed by atoms with Crippen LogP contribution in [0.4, 0.5) is 0 Å². The van der Waals surface area contributed by atoms with Crippen LogP contribution in [-0.2, 0) is 19.6 Å². The van der Waals surface area contributed by atoms with E-state index in [1.807, 2.05) is 61.5 Å². The second kappa shape index (κ2) is 8.76. The average Bonchev–Trinajstić information content (AvgIpc) is 2.72. The van der Waals surface area contributed by atoms with Gasteiger partial charge in [-0.3, -0.25) is 4.79 Å². The lowest BCUT2D eigenvalue weighted by Gasteiger charge is -2.12. The van der Waals surface area contributed by atoms with Crippen molar-refractivity contribution < 1.29 is 9.53 Å². The van der Waals surface area contributed by atoms with E-state index < -0.39 is 0 Å². The highest BCUT2D eigenvalue weighted by Gasteiger charge is 2.09. The van der Waals surface area contributed by atoms with Gasteiger partial charge >= 0.3 is 0 Å². The van der Waals surface area contributed by atoms with Crippen LogP contribution in [0.15, 0.2) is 67.0 Å². The minimum Gasteiger partial charge on any atom is -0.489 e. The summed E-state index contributed by atoms with van der Waals surface area (Å²) in [7, 11) is 0. The van der Waals surface area contributed by atoms with E-state index in [0.29, 0.717) is 18.7 Å². The smallest absolute Gasteiger partial charge is 0.254 e. The number of amides is 1. The first-order chi connectivity index (χ1) is 12.8. The normalized spacial score (nSPS) is 10.3. The Hall–Kier alpha value is -3.21. The Kier molecular flexibility index (Phi) is 5.93. The van der Waals surface area contributed by atoms with Crippen LogP contribution in [0.2, 0.25) is 0 Å². The van der Waals surface area contributed by atoms with Gasteiger partial charge in [0.05, 0.1) is 5.56 Å². The lowest BCUT2D eigenvalue weighted by molar-refractivity contribution is 0.0949. The Bertz CT molecular complexity index is 849. The number of carbonyl (C=O) groups excluding carboxylic acids is 1. The molecule has 0 radical (unpaired) electrons. The van der Waals surface area contributed by atoms with Crippen LogP contribution in [0.25, 0.3) is 0 Å². The van der Waals surface area contributed by atoms with Crippen LogP contribution >= 0.6 is 0 Å². The fourth-order valence-electron chi connectivity index (χ4n) is 2.46. The van der Waals surface area contributed by atoms with Gasteiger partial charge in [0.15, 0.2) is 0 Å². The summed E-state index contributed by atoms with van der Waals surface area (Å²) < 4.78 is 5.92. The number of hydrogen-bond acceptors (Lipinski definition) is 4. The monoisotopic (exact) mass is 347 g/mol. The van der Waals surface area contributed by atoms with E-state index in [1.54, 1.807) is 12.4 Å². The fraction of sp³-hybridized carbons (Fsp3) is 0.190. The zero-order valence-electron chi connectivity index (χ0n) is 14.7. The molecule has 26 heavy (non-hydrogen) atoms. The summed E-state index contributed by atoms with van der Waals surface area (Å²) >= 11 is 0. The summed E-state index contributed by atoms with van der Waals surface area (Å²) in [5.74, 6) is 1.28. The summed E-state index contributed by atoms with van der Waals surface area (Å²) in [6.07, 6.45) is 3.85. The van der Waals surface area contributed by atoms with Crippen molar-refractivity contribution in [2.75, 3.05) is 0 Å². The van der Waals surface area contributed by atoms with Crippen LogP contribution in [0.3, 0.4) is 0 Å².